The molecule has 0 aromatic heterocycles. The summed E-state index contributed by atoms with van der Waals surface area (Å²) in [4.78, 5) is 0. The van der Waals surface area contributed by atoms with Crippen LogP contribution in [0.4, 0.5) is 0 Å². The molecule has 1 atom stereocenters. The highest BCUT2D eigenvalue weighted by atomic mass is 16.3. The van der Waals surface area contributed by atoms with Crippen molar-refractivity contribution in [3.63, 3.8) is 0 Å². The summed E-state index contributed by atoms with van der Waals surface area (Å²) in [7, 11) is 0. The molecule has 0 fully saturated rings. The molecule has 0 spiro atoms. The number of nitrogens with one attached hydrogen (secondary N) is 1. The summed E-state index contributed by atoms with van der Waals surface area (Å²) in [6, 6.07) is 9.23. The molecule has 1 rings (SSSR count). The van der Waals surface area contributed by atoms with Gasteiger partial charge in [0.15, 0.2) is 0 Å². The second-order valence-electron chi connectivity index (χ2n) is 7.61. The Balaban J connectivity index is 2.62. The average molecular weight is 277 g/mol. The molecule has 20 heavy (non-hydrogen) atoms. The van der Waals surface area contributed by atoms with E-state index in [-0.39, 0.29) is 17.4 Å². The van der Waals surface area contributed by atoms with Crippen LogP contribution in [0, 0.1) is 5.41 Å². The molecule has 0 radical (unpaired) electrons. The molecule has 0 aliphatic heterocycles. The Morgan fingerprint density at radius 2 is 1.60 bits per heavy atom. The zero-order valence-electron chi connectivity index (χ0n) is 14.0. The summed E-state index contributed by atoms with van der Waals surface area (Å²) >= 11 is 0. The van der Waals surface area contributed by atoms with Crippen molar-refractivity contribution in [1.29, 1.82) is 0 Å². The van der Waals surface area contributed by atoms with Crippen LogP contribution in [0.15, 0.2) is 24.3 Å². The monoisotopic (exact) mass is 277 g/mol. The molecule has 0 saturated carbocycles. The fourth-order valence-corrected chi connectivity index (χ4v) is 2.21. The van der Waals surface area contributed by atoms with Gasteiger partial charge in [0.05, 0.1) is 0 Å². The first-order valence-electron chi connectivity index (χ1n) is 7.60. The summed E-state index contributed by atoms with van der Waals surface area (Å²) in [6.07, 6.45) is 0.829. The maximum Gasteiger partial charge on any atom is 0.0436 e. The van der Waals surface area contributed by atoms with Gasteiger partial charge in [-0.15, -0.1) is 0 Å². The lowest BCUT2D eigenvalue weighted by atomic mass is 9.86. The SMILES string of the molecule is CC(NCC(C)(C)CCO)c1ccc(C(C)(C)C)cc1. The number of benzene rings is 1. The van der Waals surface area contributed by atoms with Crippen LogP contribution in [0.5, 0.6) is 0 Å². The molecule has 1 unspecified atom stereocenters. The Morgan fingerprint density at radius 1 is 1.05 bits per heavy atom. The van der Waals surface area contributed by atoms with Crippen molar-refractivity contribution in [3.05, 3.63) is 35.4 Å². The van der Waals surface area contributed by atoms with Crippen molar-refractivity contribution in [2.45, 2.75) is 59.4 Å². The van der Waals surface area contributed by atoms with E-state index in [9.17, 15) is 0 Å². The smallest absolute Gasteiger partial charge is 0.0436 e. The number of rotatable bonds is 6. The summed E-state index contributed by atoms with van der Waals surface area (Å²) in [5.74, 6) is 0. The molecule has 0 heterocycles. The van der Waals surface area contributed by atoms with Crippen molar-refractivity contribution < 1.29 is 5.11 Å². The van der Waals surface area contributed by atoms with Gasteiger partial charge in [0, 0.05) is 19.2 Å². The van der Waals surface area contributed by atoms with Crippen molar-refractivity contribution >= 4 is 0 Å². The van der Waals surface area contributed by atoms with E-state index in [4.69, 9.17) is 5.11 Å². The first-order chi connectivity index (χ1) is 9.15. The molecular formula is C18H31NO. The van der Waals surface area contributed by atoms with Crippen LogP contribution in [0.3, 0.4) is 0 Å². The molecule has 0 amide bonds. The second kappa shape index (κ2) is 6.73. The number of aliphatic hydroxyl groups excluding tert-OH is 1. The largest absolute Gasteiger partial charge is 0.396 e. The van der Waals surface area contributed by atoms with Crippen LogP contribution in [0.2, 0.25) is 0 Å². The number of hydrogen-bond donors (Lipinski definition) is 2. The maximum absolute atomic E-state index is 9.06. The van der Waals surface area contributed by atoms with Gasteiger partial charge >= 0.3 is 0 Å². The molecule has 0 saturated heterocycles. The normalized spacial score (nSPS) is 14.3. The highest BCUT2D eigenvalue weighted by Crippen LogP contribution is 2.25. The molecule has 2 nitrogen and oxygen atoms in total. The van der Waals surface area contributed by atoms with Crippen LogP contribution in [0.1, 0.15) is 65.1 Å². The van der Waals surface area contributed by atoms with E-state index < -0.39 is 0 Å². The molecule has 1 aromatic carbocycles. The third kappa shape index (κ3) is 5.26. The van der Waals surface area contributed by atoms with E-state index in [2.05, 4.69) is 71.1 Å². The van der Waals surface area contributed by atoms with Crippen molar-refractivity contribution in [2.75, 3.05) is 13.2 Å². The van der Waals surface area contributed by atoms with Gasteiger partial charge in [0.2, 0.25) is 0 Å². The Labute approximate surface area is 124 Å². The van der Waals surface area contributed by atoms with Gasteiger partial charge < -0.3 is 10.4 Å². The second-order valence-corrected chi connectivity index (χ2v) is 7.61. The van der Waals surface area contributed by atoms with Crippen molar-refractivity contribution in [1.82, 2.24) is 5.32 Å². The van der Waals surface area contributed by atoms with Crippen LogP contribution in [-0.2, 0) is 5.41 Å². The predicted molar refractivity (Wildman–Crippen MR) is 87.0 cm³/mol. The zero-order chi connectivity index (χ0) is 15.4. The standard InChI is InChI=1S/C18H31NO/c1-14(19-13-18(5,6)11-12-20)15-7-9-16(10-8-15)17(2,3)4/h7-10,14,19-20H,11-13H2,1-6H3. The molecule has 1 aromatic rings. The minimum atomic E-state index is 0.133. The zero-order valence-corrected chi connectivity index (χ0v) is 14.0. The highest BCUT2D eigenvalue weighted by Gasteiger charge is 2.19. The molecule has 2 heteroatoms. The highest BCUT2D eigenvalue weighted by molar-refractivity contribution is 5.29. The van der Waals surface area contributed by atoms with E-state index in [0.29, 0.717) is 6.04 Å². The molecule has 0 aliphatic rings. The molecule has 114 valence electrons. The average Bonchev–Trinajstić information content (AvgIpc) is 2.35. The summed E-state index contributed by atoms with van der Waals surface area (Å²) in [5.41, 5.74) is 3.03. The molecular weight excluding hydrogens is 246 g/mol. The van der Waals surface area contributed by atoms with E-state index in [0.717, 1.165) is 13.0 Å². The summed E-state index contributed by atoms with van der Waals surface area (Å²) in [5, 5.41) is 12.6. The third-order valence-corrected chi connectivity index (χ3v) is 3.95. The van der Waals surface area contributed by atoms with E-state index in [1.54, 1.807) is 0 Å². The van der Waals surface area contributed by atoms with Crippen LogP contribution in [0.25, 0.3) is 0 Å². The lowest BCUT2D eigenvalue weighted by molar-refractivity contribution is 0.204. The van der Waals surface area contributed by atoms with Crippen LogP contribution in [-0.4, -0.2) is 18.3 Å². The Kier molecular flexibility index (Phi) is 5.79. The van der Waals surface area contributed by atoms with Gasteiger partial charge in [-0.25, -0.2) is 0 Å². The lowest BCUT2D eigenvalue weighted by Gasteiger charge is -2.27. The van der Waals surface area contributed by atoms with Gasteiger partial charge in [-0.1, -0.05) is 58.9 Å². The van der Waals surface area contributed by atoms with E-state index in [1.807, 2.05) is 0 Å². The Hall–Kier alpha value is -0.860. The van der Waals surface area contributed by atoms with Gasteiger partial charge in [-0.05, 0) is 35.3 Å². The van der Waals surface area contributed by atoms with E-state index in [1.165, 1.54) is 11.1 Å². The summed E-state index contributed by atoms with van der Waals surface area (Å²) in [6.45, 7) is 14.4. The predicted octanol–water partition coefficient (Wildman–Crippen LogP) is 4.04. The first-order valence-corrected chi connectivity index (χ1v) is 7.60. The first kappa shape index (κ1) is 17.2. The fraction of sp³-hybridized carbons (Fsp3) is 0.667. The number of aliphatic hydroxyl groups is 1. The molecule has 0 bridgehead atoms. The Bertz CT molecular complexity index is 400. The fourth-order valence-electron chi connectivity index (χ4n) is 2.21. The quantitative estimate of drug-likeness (QED) is 0.822. The summed E-state index contributed by atoms with van der Waals surface area (Å²) < 4.78 is 0. The van der Waals surface area contributed by atoms with Gasteiger partial charge in [0.1, 0.15) is 0 Å². The van der Waals surface area contributed by atoms with Crippen molar-refractivity contribution in [3.8, 4) is 0 Å². The maximum atomic E-state index is 9.06. The topological polar surface area (TPSA) is 32.3 Å². The van der Waals surface area contributed by atoms with Crippen LogP contribution < -0.4 is 5.32 Å². The third-order valence-electron chi connectivity index (χ3n) is 3.95. The number of hydrogen-bond acceptors (Lipinski definition) is 2. The van der Waals surface area contributed by atoms with Crippen molar-refractivity contribution in [2.24, 2.45) is 5.41 Å². The Morgan fingerprint density at radius 3 is 2.05 bits per heavy atom. The molecule has 0 aliphatic carbocycles. The van der Waals surface area contributed by atoms with Gasteiger partial charge in [-0.2, -0.15) is 0 Å². The lowest BCUT2D eigenvalue weighted by Crippen LogP contribution is -2.32. The van der Waals surface area contributed by atoms with Gasteiger partial charge in [0.25, 0.3) is 0 Å². The minimum absolute atomic E-state index is 0.133. The van der Waals surface area contributed by atoms with E-state index >= 15 is 0 Å². The van der Waals surface area contributed by atoms with Gasteiger partial charge in [-0.3, -0.25) is 0 Å². The van der Waals surface area contributed by atoms with Crippen LogP contribution >= 0.6 is 0 Å². The molecule has 2 N–H and O–H groups in total. The minimum Gasteiger partial charge on any atom is -0.396 e.